The number of benzene rings is 2. The van der Waals surface area contributed by atoms with Crippen LogP contribution < -0.4 is 4.72 Å². The maximum Gasteiger partial charge on any atom is 0.254 e. The summed E-state index contributed by atoms with van der Waals surface area (Å²) in [5.41, 5.74) is 1.01. The van der Waals surface area contributed by atoms with Gasteiger partial charge < -0.3 is 4.90 Å². The Hall–Kier alpha value is -2.32. The molecule has 0 bridgehead atoms. The van der Waals surface area contributed by atoms with E-state index in [1.165, 1.54) is 24.3 Å². The molecule has 1 aliphatic rings. The quantitative estimate of drug-likeness (QED) is 0.867. The van der Waals surface area contributed by atoms with Gasteiger partial charge in [0.1, 0.15) is 11.6 Å². The van der Waals surface area contributed by atoms with Crippen molar-refractivity contribution in [2.24, 2.45) is 0 Å². The normalized spacial score (nSPS) is 15.7. The van der Waals surface area contributed by atoms with E-state index in [1.54, 1.807) is 17.9 Å². The van der Waals surface area contributed by atoms with Crippen LogP contribution in [0.15, 0.2) is 47.4 Å². The van der Waals surface area contributed by atoms with Gasteiger partial charge in [-0.15, -0.1) is 0 Å². The molecular weight excluding hydrogens is 374 g/mol. The Kier molecular flexibility index (Phi) is 5.57. The Morgan fingerprint density at radius 1 is 1.04 bits per heavy atom. The topological polar surface area (TPSA) is 66.5 Å². The van der Waals surface area contributed by atoms with Crippen molar-refractivity contribution in [3.05, 3.63) is 65.2 Å². The maximum absolute atomic E-state index is 13.4. The predicted octanol–water partition coefficient (Wildman–Crippen LogP) is 2.86. The Bertz CT molecular complexity index is 938. The highest BCUT2D eigenvalue weighted by atomic mass is 32.2. The van der Waals surface area contributed by atoms with Crippen LogP contribution in [0.3, 0.4) is 0 Å². The molecule has 0 saturated carbocycles. The van der Waals surface area contributed by atoms with Crippen molar-refractivity contribution in [1.82, 2.24) is 9.62 Å². The molecule has 1 amide bonds. The Morgan fingerprint density at radius 3 is 2.26 bits per heavy atom. The van der Waals surface area contributed by atoms with Gasteiger partial charge in [0.05, 0.1) is 4.90 Å². The van der Waals surface area contributed by atoms with Crippen LogP contribution in [-0.2, 0) is 10.0 Å². The van der Waals surface area contributed by atoms with E-state index in [0.29, 0.717) is 37.1 Å². The molecule has 0 aliphatic carbocycles. The lowest BCUT2D eigenvalue weighted by Gasteiger charge is -2.32. The highest BCUT2D eigenvalue weighted by molar-refractivity contribution is 7.89. The standard InChI is InChI=1S/C19H20F2N2O3S/c1-13-2-3-15(21)12-18(13)19(24)23-10-8-16(9-11-23)22-27(25,26)17-6-4-14(20)5-7-17/h2-7,12,16,22H,8-11H2,1H3. The molecule has 8 heteroatoms. The highest BCUT2D eigenvalue weighted by Crippen LogP contribution is 2.19. The van der Waals surface area contributed by atoms with Gasteiger partial charge in [-0.25, -0.2) is 21.9 Å². The minimum atomic E-state index is -3.75. The van der Waals surface area contributed by atoms with Gasteiger partial charge >= 0.3 is 0 Å². The zero-order valence-electron chi connectivity index (χ0n) is 14.8. The molecule has 0 aromatic heterocycles. The van der Waals surface area contributed by atoms with E-state index < -0.39 is 21.7 Å². The van der Waals surface area contributed by atoms with Crippen molar-refractivity contribution < 1.29 is 22.0 Å². The number of carbonyl (C=O) groups excluding carboxylic acids is 1. The first-order valence-corrected chi connectivity index (χ1v) is 10.1. The number of likely N-dealkylation sites (tertiary alicyclic amines) is 1. The van der Waals surface area contributed by atoms with Crippen molar-refractivity contribution in [2.45, 2.75) is 30.7 Å². The second kappa shape index (κ2) is 7.74. The van der Waals surface area contributed by atoms with Gasteiger partial charge in [0.15, 0.2) is 0 Å². The van der Waals surface area contributed by atoms with Gasteiger partial charge in [0.25, 0.3) is 5.91 Å². The van der Waals surface area contributed by atoms with Gasteiger partial charge in [-0.2, -0.15) is 0 Å². The number of hydrogen-bond donors (Lipinski definition) is 1. The first-order chi connectivity index (χ1) is 12.8. The van der Waals surface area contributed by atoms with Crippen LogP contribution in [0.1, 0.15) is 28.8 Å². The predicted molar refractivity (Wildman–Crippen MR) is 96.8 cm³/mol. The second-order valence-electron chi connectivity index (χ2n) is 6.60. The van der Waals surface area contributed by atoms with E-state index in [-0.39, 0.29) is 16.8 Å². The van der Waals surface area contributed by atoms with E-state index in [9.17, 15) is 22.0 Å². The molecule has 3 rings (SSSR count). The lowest BCUT2D eigenvalue weighted by atomic mass is 10.0. The number of nitrogens with one attached hydrogen (secondary N) is 1. The van der Waals surface area contributed by atoms with Crippen molar-refractivity contribution in [2.75, 3.05) is 13.1 Å². The van der Waals surface area contributed by atoms with E-state index >= 15 is 0 Å². The number of rotatable bonds is 4. The first-order valence-electron chi connectivity index (χ1n) is 8.59. The van der Waals surface area contributed by atoms with Gasteiger partial charge in [-0.3, -0.25) is 4.79 Å². The summed E-state index contributed by atoms with van der Waals surface area (Å²) in [6, 6.07) is 8.38. The molecule has 144 valence electrons. The third-order valence-corrected chi connectivity index (χ3v) is 6.19. The van der Waals surface area contributed by atoms with Crippen LogP contribution in [0.2, 0.25) is 0 Å². The Labute approximate surface area is 157 Å². The van der Waals surface area contributed by atoms with E-state index in [2.05, 4.69) is 4.72 Å². The fourth-order valence-corrected chi connectivity index (χ4v) is 4.40. The summed E-state index contributed by atoms with van der Waals surface area (Å²) in [6.45, 7) is 2.48. The summed E-state index contributed by atoms with van der Waals surface area (Å²) < 4.78 is 53.8. The van der Waals surface area contributed by atoms with E-state index in [0.717, 1.165) is 12.1 Å². The molecule has 1 aliphatic heterocycles. The molecule has 1 saturated heterocycles. The molecule has 0 unspecified atom stereocenters. The van der Waals surface area contributed by atoms with Crippen molar-refractivity contribution >= 4 is 15.9 Å². The maximum atomic E-state index is 13.4. The number of aryl methyl sites for hydroxylation is 1. The van der Waals surface area contributed by atoms with Crippen molar-refractivity contribution in [3.8, 4) is 0 Å². The number of carbonyl (C=O) groups is 1. The highest BCUT2D eigenvalue weighted by Gasteiger charge is 2.27. The van der Waals surface area contributed by atoms with Crippen LogP contribution in [0, 0.1) is 18.6 Å². The summed E-state index contributed by atoms with van der Waals surface area (Å²) in [5, 5.41) is 0. The monoisotopic (exact) mass is 394 g/mol. The lowest BCUT2D eigenvalue weighted by Crippen LogP contribution is -2.46. The number of nitrogens with zero attached hydrogens (tertiary/aromatic N) is 1. The third kappa shape index (κ3) is 4.51. The summed E-state index contributed by atoms with van der Waals surface area (Å²) >= 11 is 0. The number of piperidine rings is 1. The van der Waals surface area contributed by atoms with Gasteiger partial charge in [-0.05, 0) is 61.7 Å². The average Bonchev–Trinajstić information content (AvgIpc) is 2.64. The molecule has 2 aromatic rings. The molecule has 1 heterocycles. The summed E-state index contributed by atoms with van der Waals surface area (Å²) in [5.74, 6) is -1.23. The fraction of sp³-hybridized carbons (Fsp3) is 0.316. The molecule has 0 atom stereocenters. The molecule has 0 spiro atoms. The number of sulfonamides is 1. The van der Waals surface area contributed by atoms with Crippen LogP contribution >= 0.6 is 0 Å². The van der Waals surface area contributed by atoms with E-state index in [1.807, 2.05) is 0 Å². The Morgan fingerprint density at radius 2 is 1.63 bits per heavy atom. The van der Waals surface area contributed by atoms with Gasteiger partial charge in [0, 0.05) is 24.7 Å². The van der Waals surface area contributed by atoms with Crippen molar-refractivity contribution in [1.29, 1.82) is 0 Å². The minimum Gasteiger partial charge on any atom is -0.339 e. The van der Waals surface area contributed by atoms with Gasteiger partial charge in [0.2, 0.25) is 10.0 Å². The minimum absolute atomic E-state index is 0.00204. The first kappa shape index (κ1) is 19.4. The van der Waals surface area contributed by atoms with Crippen LogP contribution in [0.4, 0.5) is 8.78 Å². The number of halogens is 2. The van der Waals surface area contributed by atoms with Crippen LogP contribution in [0.25, 0.3) is 0 Å². The van der Waals surface area contributed by atoms with Crippen LogP contribution in [-0.4, -0.2) is 38.4 Å². The zero-order chi connectivity index (χ0) is 19.6. The molecule has 2 aromatic carbocycles. The zero-order valence-corrected chi connectivity index (χ0v) is 15.6. The molecular formula is C19H20F2N2O3S. The SMILES string of the molecule is Cc1ccc(F)cc1C(=O)N1CCC(NS(=O)(=O)c2ccc(F)cc2)CC1. The summed E-state index contributed by atoms with van der Waals surface area (Å²) in [4.78, 5) is 14.2. The molecule has 1 fully saturated rings. The number of hydrogen-bond acceptors (Lipinski definition) is 3. The van der Waals surface area contributed by atoms with E-state index in [4.69, 9.17) is 0 Å². The Balaban J connectivity index is 1.62. The van der Waals surface area contributed by atoms with Crippen LogP contribution in [0.5, 0.6) is 0 Å². The van der Waals surface area contributed by atoms with Crippen molar-refractivity contribution in [3.63, 3.8) is 0 Å². The summed E-state index contributed by atoms with van der Waals surface area (Å²) in [7, 11) is -3.75. The molecule has 5 nitrogen and oxygen atoms in total. The molecule has 0 radical (unpaired) electrons. The lowest BCUT2D eigenvalue weighted by molar-refractivity contribution is 0.0710. The third-order valence-electron chi connectivity index (χ3n) is 4.66. The van der Waals surface area contributed by atoms with Gasteiger partial charge in [-0.1, -0.05) is 6.07 Å². The second-order valence-corrected chi connectivity index (χ2v) is 8.31. The summed E-state index contributed by atoms with van der Waals surface area (Å²) in [6.07, 6.45) is 0.890. The molecule has 1 N–H and O–H groups in total. The smallest absolute Gasteiger partial charge is 0.254 e. The number of amides is 1. The largest absolute Gasteiger partial charge is 0.339 e. The molecule has 27 heavy (non-hydrogen) atoms. The fourth-order valence-electron chi connectivity index (χ4n) is 3.10. The average molecular weight is 394 g/mol.